The SMILES string of the molecule is CC1=C(C(=O)OC(C)(C)C)C(c2ccc(Cl)cc2)n2c(s/c(=C\c3ccc(OCC(=O)N4CCN(C)CC4)cc3)c2=O)=N1. The standard InChI is InChI=1S/C32H35ClN4O5S/c1-20-27(30(40)42-32(2,3)4)28(22-8-10-23(33)11-9-22)37-29(39)25(43-31(37)34-20)18-21-6-12-24(13-7-21)41-19-26(38)36-16-14-35(5)15-17-36/h6-13,18,28H,14-17,19H2,1-5H3/b25-18-. The number of aromatic nitrogens is 1. The summed E-state index contributed by atoms with van der Waals surface area (Å²) in [5, 5.41) is 0.548. The molecule has 2 aromatic carbocycles. The first kappa shape index (κ1) is 30.7. The minimum absolute atomic E-state index is 0.0221. The Morgan fingerprint density at radius 2 is 1.70 bits per heavy atom. The van der Waals surface area contributed by atoms with Gasteiger partial charge in [-0.05, 0) is 76.2 Å². The second-order valence-corrected chi connectivity index (χ2v) is 13.1. The van der Waals surface area contributed by atoms with Gasteiger partial charge in [-0.1, -0.05) is 47.2 Å². The van der Waals surface area contributed by atoms with Crippen LogP contribution in [-0.2, 0) is 14.3 Å². The number of thiazole rings is 1. The number of carbonyl (C=O) groups is 2. The smallest absolute Gasteiger partial charge is 0.338 e. The molecule has 226 valence electrons. The van der Waals surface area contributed by atoms with Crippen molar-refractivity contribution >= 4 is 40.9 Å². The van der Waals surface area contributed by atoms with Crippen molar-refractivity contribution in [2.45, 2.75) is 39.3 Å². The number of fused-ring (bicyclic) bond motifs is 1. The van der Waals surface area contributed by atoms with Crippen molar-refractivity contribution in [1.82, 2.24) is 14.4 Å². The van der Waals surface area contributed by atoms with Gasteiger partial charge in [-0.2, -0.15) is 0 Å². The summed E-state index contributed by atoms with van der Waals surface area (Å²) in [7, 11) is 2.04. The molecule has 1 aromatic heterocycles. The highest BCUT2D eigenvalue weighted by Gasteiger charge is 2.35. The van der Waals surface area contributed by atoms with E-state index in [2.05, 4.69) is 9.89 Å². The largest absolute Gasteiger partial charge is 0.484 e. The fourth-order valence-electron chi connectivity index (χ4n) is 4.98. The Kier molecular flexibility index (Phi) is 8.91. The van der Waals surface area contributed by atoms with Gasteiger partial charge in [0.15, 0.2) is 11.4 Å². The van der Waals surface area contributed by atoms with Crippen molar-refractivity contribution in [3.05, 3.63) is 95.6 Å². The van der Waals surface area contributed by atoms with Gasteiger partial charge >= 0.3 is 5.97 Å². The van der Waals surface area contributed by atoms with E-state index in [-0.39, 0.29) is 18.1 Å². The molecular formula is C32H35ClN4O5S. The van der Waals surface area contributed by atoms with Crippen molar-refractivity contribution in [2.24, 2.45) is 4.99 Å². The van der Waals surface area contributed by atoms with Crippen LogP contribution in [0.4, 0.5) is 0 Å². The summed E-state index contributed by atoms with van der Waals surface area (Å²) >= 11 is 7.41. The highest BCUT2D eigenvalue weighted by atomic mass is 35.5. The van der Waals surface area contributed by atoms with Crippen molar-refractivity contribution in [3.8, 4) is 5.75 Å². The van der Waals surface area contributed by atoms with Crippen molar-refractivity contribution < 1.29 is 19.1 Å². The molecule has 2 aliphatic heterocycles. The van der Waals surface area contributed by atoms with Crippen LogP contribution < -0.4 is 19.6 Å². The summed E-state index contributed by atoms with van der Waals surface area (Å²) in [5.74, 6) is 0.0145. The molecule has 2 aliphatic rings. The molecule has 1 fully saturated rings. The molecule has 0 spiro atoms. The van der Waals surface area contributed by atoms with Gasteiger partial charge in [-0.15, -0.1) is 0 Å². The lowest BCUT2D eigenvalue weighted by Gasteiger charge is -2.32. The van der Waals surface area contributed by atoms with Gasteiger partial charge in [0.05, 0.1) is 21.8 Å². The number of allylic oxidation sites excluding steroid dienone is 1. The number of amides is 1. The first-order chi connectivity index (χ1) is 20.4. The molecule has 0 N–H and O–H groups in total. The number of halogens is 1. The molecule has 1 amide bonds. The van der Waals surface area contributed by atoms with E-state index in [0.29, 0.717) is 44.5 Å². The van der Waals surface area contributed by atoms with Gasteiger partial charge in [-0.3, -0.25) is 14.2 Å². The third kappa shape index (κ3) is 7.09. The molecule has 5 rings (SSSR count). The Hall–Kier alpha value is -3.73. The highest BCUT2D eigenvalue weighted by molar-refractivity contribution is 7.07. The maximum Gasteiger partial charge on any atom is 0.338 e. The van der Waals surface area contributed by atoms with E-state index < -0.39 is 17.6 Å². The van der Waals surface area contributed by atoms with Crippen LogP contribution in [0.2, 0.25) is 5.02 Å². The van der Waals surface area contributed by atoms with Crippen molar-refractivity contribution in [1.29, 1.82) is 0 Å². The number of carbonyl (C=O) groups excluding carboxylic acids is 2. The van der Waals surface area contributed by atoms with Gasteiger partial charge in [0, 0.05) is 31.2 Å². The number of hydrogen-bond donors (Lipinski definition) is 0. The third-order valence-corrected chi connectivity index (χ3v) is 8.46. The Morgan fingerprint density at radius 3 is 2.33 bits per heavy atom. The molecule has 1 saturated heterocycles. The predicted octanol–water partition coefficient (Wildman–Crippen LogP) is 3.38. The zero-order valence-corrected chi connectivity index (χ0v) is 26.5. The van der Waals surface area contributed by atoms with Gasteiger partial charge in [0.25, 0.3) is 11.5 Å². The number of rotatable bonds is 6. The molecule has 11 heteroatoms. The lowest BCUT2D eigenvalue weighted by molar-refractivity contribution is -0.150. The summed E-state index contributed by atoms with van der Waals surface area (Å²) in [6, 6.07) is 13.6. The third-order valence-electron chi connectivity index (χ3n) is 7.22. The lowest BCUT2D eigenvalue weighted by Crippen LogP contribution is -2.48. The summed E-state index contributed by atoms with van der Waals surface area (Å²) in [6.07, 6.45) is 1.79. The van der Waals surface area contributed by atoms with E-state index in [4.69, 9.17) is 21.1 Å². The predicted molar refractivity (Wildman–Crippen MR) is 167 cm³/mol. The van der Waals surface area contributed by atoms with E-state index in [9.17, 15) is 14.4 Å². The molecule has 0 bridgehead atoms. The van der Waals surface area contributed by atoms with Gasteiger partial charge in [0.2, 0.25) is 0 Å². The normalized spacial score (nSPS) is 17.9. The monoisotopic (exact) mass is 622 g/mol. The van der Waals surface area contributed by atoms with E-state index >= 15 is 0 Å². The molecule has 3 heterocycles. The van der Waals surface area contributed by atoms with Crippen LogP contribution in [0.1, 0.15) is 44.9 Å². The quantitative estimate of drug-likeness (QED) is 0.392. The molecule has 9 nitrogen and oxygen atoms in total. The van der Waals surface area contributed by atoms with Crippen molar-refractivity contribution in [2.75, 3.05) is 39.8 Å². The molecule has 0 aliphatic carbocycles. The summed E-state index contributed by atoms with van der Waals surface area (Å²) in [6.45, 7) is 10.2. The lowest BCUT2D eigenvalue weighted by atomic mass is 9.95. The summed E-state index contributed by atoms with van der Waals surface area (Å²) in [5.41, 5.74) is 1.32. The number of esters is 1. The minimum atomic E-state index is -0.723. The number of benzene rings is 2. The first-order valence-corrected chi connectivity index (χ1v) is 15.3. The van der Waals surface area contributed by atoms with Crippen LogP contribution in [0.15, 0.2) is 69.6 Å². The van der Waals surface area contributed by atoms with Crippen LogP contribution in [0.3, 0.4) is 0 Å². The number of likely N-dealkylation sites (N-methyl/N-ethyl adjacent to an activating group) is 1. The fraction of sp³-hybridized carbons (Fsp3) is 0.375. The van der Waals surface area contributed by atoms with Crippen LogP contribution in [0.25, 0.3) is 6.08 Å². The maximum atomic E-state index is 13.9. The number of hydrogen-bond acceptors (Lipinski definition) is 8. The summed E-state index contributed by atoms with van der Waals surface area (Å²) < 4.78 is 13.5. The Balaban J connectivity index is 1.42. The molecule has 0 radical (unpaired) electrons. The van der Waals surface area contributed by atoms with Crippen LogP contribution in [-0.4, -0.2) is 71.7 Å². The zero-order chi connectivity index (χ0) is 30.9. The first-order valence-electron chi connectivity index (χ1n) is 14.1. The average Bonchev–Trinajstić information content (AvgIpc) is 3.25. The summed E-state index contributed by atoms with van der Waals surface area (Å²) in [4.78, 5) is 48.9. The van der Waals surface area contributed by atoms with Crippen LogP contribution in [0, 0.1) is 0 Å². The highest BCUT2D eigenvalue weighted by Crippen LogP contribution is 2.32. The van der Waals surface area contributed by atoms with Crippen LogP contribution in [0.5, 0.6) is 5.75 Å². The maximum absolute atomic E-state index is 13.9. The minimum Gasteiger partial charge on any atom is -0.484 e. The number of nitrogens with zero attached hydrogens (tertiary/aromatic N) is 4. The molecule has 1 unspecified atom stereocenters. The van der Waals surface area contributed by atoms with Gasteiger partial charge in [-0.25, -0.2) is 9.79 Å². The van der Waals surface area contributed by atoms with Gasteiger partial charge < -0.3 is 19.3 Å². The molecule has 43 heavy (non-hydrogen) atoms. The van der Waals surface area contributed by atoms with E-state index in [0.717, 1.165) is 24.2 Å². The van der Waals surface area contributed by atoms with E-state index in [1.54, 1.807) is 74.7 Å². The second kappa shape index (κ2) is 12.5. The molecule has 0 saturated carbocycles. The molecule has 1 atom stereocenters. The number of piperazine rings is 1. The Bertz CT molecular complexity index is 1730. The molecular weight excluding hydrogens is 588 g/mol. The van der Waals surface area contributed by atoms with Crippen molar-refractivity contribution in [3.63, 3.8) is 0 Å². The number of ether oxygens (including phenoxy) is 2. The zero-order valence-electron chi connectivity index (χ0n) is 24.9. The Labute approximate surface area is 259 Å². The average molecular weight is 623 g/mol. The van der Waals surface area contributed by atoms with E-state index in [1.807, 2.05) is 24.1 Å². The van der Waals surface area contributed by atoms with Crippen LogP contribution >= 0.6 is 22.9 Å². The molecule has 3 aromatic rings. The van der Waals surface area contributed by atoms with E-state index in [1.165, 1.54) is 11.3 Å². The topological polar surface area (TPSA) is 93.4 Å². The fourth-order valence-corrected chi connectivity index (χ4v) is 6.15. The Morgan fingerprint density at radius 1 is 1.05 bits per heavy atom. The van der Waals surface area contributed by atoms with Gasteiger partial charge in [0.1, 0.15) is 11.4 Å². The second-order valence-electron chi connectivity index (χ2n) is 11.7.